The molecule has 0 atom stereocenters. The largest absolute Gasteiger partial charge is 0.460 e. The van der Waals surface area contributed by atoms with Gasteiger partial charge in [0.1, 0.15) is 17.0 Å². The number of aromatic nitrogens is 2. The maximum atomic E-state index is 14.2. The van der Waals surface area contributed by atoms with Crippen LogP contribution in [0.15, 0.2) is 60.7 Å². The number of nitrogens with one attached hydrogen (secondary N) is 3. The fourth-order valence-electron chi connectivity index (χ4n) is 5.97. The monoisotopic (exact) mass is 714 g/mol. The Morgan fingerprint density at radius 3 is 2.21 bits per heavy atom. The van der Waals surface area contributed by atoms with E-state index in [1.807, 2.05) is 24.3 Å². The van der Waals surface area contributed by atoms with Crippen molar-refractivity contribution >= 4 is 51.8 Å². The first-order valence-electron chi connectivity index (χ1n) is 17.5. The molecule has 3 N–H and O–H groups in total. The minimum Gasteiger partial charge on any atom is -0.460 e. The first-order valence-corrected chi connectivity index (χ1v) is 17.5. The van der Waals surface area contributed by atoms with Crippen molar-refractivity contribution in [2.45, 2.75) is 85.0 Å². The molecule has 13 heteroatoms. The number of rotatable bonds is 10. The summed E-state index contributed by atoms with van der Waals surface area (Å²) in [7, 11) is 0. The quantitative estimate of drug-likeness (QED) is 0.148. The van der Waals surface area contributed by atoms with Gasteiger partial charge in [0.05, 0.1) is 29.9 Å². The summed E-state index contributed by atoms with van der Waals surface area (Å²) in [5, 5.41) is 13.8. The SMILES string of the molecule is CC(C)(C)OC(=O)Cc1cc(F)ccc1NC(=O)c1ccc(N2CCCCC2)c(NC(=O)c2nn(CCNC(=O)OC(C)(C)C)c3ccccc23)c1. The van der Waals surface area contributed by atoms with E-state index in [9.17, 15) is 23.6 Å². The predicted molar refractivity (Wildman–Crippen MR) is 198 cm³/mol. The Labute approximate surface area is 303 Å². The van der Waals surface area contributed by atoms with Gasteiger partial charge in [-0.05, 0) is 109 Å². The van der Waals surface area contributed by atoms with Gasteiger partial charge in [-0.1, -0.05) is 18.2 Å². The second-order valence-electron chi connectivity index (χ2n) is 14.8. The van der Waals surface area contributed by atoms with Crippen LogP contribution in [0.2, 0.25) is 0 Å². The number of piperidine rings is 1. The number of fused-ring (bicyclic) bond motifs is 1. The highest BCUT2D eigenvalue weighted by molar-refractivity contribution is 6.13. The van der Waals surface area contributed by atoms with E-state index < -0.39 is 40.9 Å². The number of carbonyl (C=O) groups excluding carboxylic acids is 4. The van der Waals surface area contributed by atoms with Crippen LogP contribution < -0.4 is 20.9 Å². The number of hydrogen-bond donors (Lipinski definition) is 3. The van der Waals surface area contributed by atoms with Crippen molar-refractivity contribution in [1.29, 1.82) is 0 Å². The van der Waals surface area contributed by atoms with E-state index in [0.717, 1.165) is 38.0 Å². The summed E-state index contributed by atoms with van der Waals surface area (Å²) >= 11 is 0. The van der Waals surface area contributed by atoms with Crippen LogP contribution in [0.4, 0.5) is 26.2 Å². The maximum Gasteiger partial charge on any atom is 0.407 e. The third kappa shape index (κ3) is 10.1. The molecule has 1 fully saturated rings. The molecule has 5 rings (SSSR count). The summed E-state index contributed by atoms with van der Waals surface area (Å²) in [5.41, 5.74) is 1.51. The molecule has 0 saturated carbocycles. The number of halogens is 1. The normalized spacial score (nSPS) is 13.4. The molecule has 52 heavy (non-hydrogen) atoms. The number of anilines is 3. The number of ether oxygens (including phenoxy) is 2. The Morgan fingerprint density at radius 2 is 1.50 bits per heavy atom. The van der Waals surface area contributed by atoms with Crippen molar-refractivity contribution < 1.29 is 33.0 Å². The highest BCUT2D eigenvalue weighted by Crippen LogP contribution is 2.32. The number of para-hydroxylation sites is 1. The zero-order chi connectivity index (χ0) is 37.6. The van der Waals surface area contributed by atoms with Gasteiger partial charge in [0.25, 0.3) is 11.8 Å². The average Bonchev–Trinajstić information content (AvgIpc) is 3.43. The minimum absolute atomic E-state index is 0.186. The van der Waals surface area contributed by atoms with E-state index >= 15 is 0 Å². The third-order valence-corrected chi connectivity index (χ3v) is 8.14. The van der Waals surface area contributed by atoms with Crippen molar-refractivity contribution in [2.24, 2.45) is 0 Å². The van der Waals surface area contributed by atoms with Gasteiger partial charge in [-0.25, -0.2) is 9.18 Å². The van der Waals surface area contributed by atoms with E-state index in [2.05, 4.69) is 25.9 Å². The van der Waals surface area contributed by atoms with Gasteiger partial charge in [0.15, 0.2) is 5.69 Å². The smallest absolute Gasteiger partial charge is 0.407 e. The number of alkyl carbamates (subject to hydrolysis) is 1. The lowest BCUT2D eigenvalue weighted by atomic mass is 10.1. The topological polar surface area (TPSA) is 144 Å². The number of amides is 3. The molecular weight excluding hydrogens is 667 g/mol. The summed E-state index contributed by atoms with van der Waals surface area (Å²) in [6.45, 7) is 12.7. The third-order valence-electron chi connectivity index (χ3n) is 8.14. The molecule has 4 aromatic rings. The molecule has 0 aliphatic carbocycles. The second kappa shape index (κ2) is 15.8. The van der Waals surface area contributed by atoms with Gasteiger partial charge in [-0.15, -0.1) is 0 Å². The van der Waals surface area contributed by atoms with Crippen molar-refractivity contribution in [2.75, 3.05) is 35.2 Å². The van der Waals surface area contributed by atoms with E-state index in [4.69, 9.17) is 9.47 Å². The Kier molecular flexibility index (Phi) is 11.5. The first-order chi connectivity index (χ1) is 24.6. The number of hydrogen-bond acceptors (Lipinski definition) is 8. The van der Waals surface area contributed by atoms with Crippen LogP contribution in [0.25, 0.3) is 10.9 Å². The molecule has 3 amide bonds. The van der Waals surface area contributed by atoms with Crippen LogP contribution in [0, 0.1) is 5.82 Å². The van der Waals surface area contributed by atoms with Gasteiger partial charge in [0.2, 0.25) is 0 Å². The standard InChI is InChI=1S/C39H47FN6O6/c1-38(2,3)51-33(47)24-26-22-27(40)15-16-29(26)42-35(48)25-14-17-32(45-19-10-7-11-20-45)30(23-25)43-36(49)34-28-12-8-9-13-31(28)46(44-34)21-18-41-37(50)52-39(4,5)6/h8-9,12-17,22-23H,7,10-11,18-21,24H2,1-6H3,(H,41,50)(H,42,48)(H,43,49). The Balaban J connectivity index is 1.40. The molecule has 12 nitrogen and oxygen atoms in total. The van der Waals surface area contributed by atoms with Crippen LogP contribution in [-0.2, 0) is 27.2 Å². The van der Waals surface area contributed by atoms with E-state index in [0.29, 0.717) is 23.1 Å². The molecule has 1 saturated heterocycles. The lowest BCUT2D eigenvalue weighted by Gasteiger charge is -2.30. The van der Waals surface area contributed by atoms with Gasteiger partial charge < -0.3 is 30.3 Å². The Bertz CT molecular complexity index is 1950. The van der Waals surface area contributed by atoms with Crippen molar-refractivity contribution in [3.63, 3.8) is 0 Å². The van der Waals surface area contributed by atoms with Crippen molar-refractivity contribution in [3.05, 3.63) is 83.3 Å². The lowest BCUT2D eigenvalue weighted by molar-refractivity contribution is -0.153. The van der Waals surface area contributed by atoms with Crippen molar-refractivity contribution in [3.8, 4) is 0 Å². The molecule has 1 aliphatic rings. The first kappa shape index (κ1) is 37.8. The molecule has 0 bridgehead atoms. The summed E-state index contributed by atoms with van der Waals surface area (Å²) in [5.74, 6) is -2.09. The highest BCUT2D eigenvalue weighted by Gasteiger charge is 2.24. The summed E-state index contributed by atoms with van der Waals surface area (Å²) in [6, 6.07) is 16.2. The molecular formula is C39H47FN6O6. The van der Waals surface area contributed by atoms with Gasteiger partial charge in [-0.2, -0.15) is 5.10 Å². The predicted octanol–water partition coefficient (Wildman–Crippen LogP) is 7.08. The molecule has 0 spiro atoms. The highest BCUT2D eigenvalue weighted by atomic mass is 19.1. The average molecular weight is 715 g/mol. The van der Waals surface area contributed by atoms with Crippen LogP contribution in [-0.4, -0.2) is 64.5 Å². The van der Waals surface area contributed by atoms with E-state index in [-0.39, 0.29) is 35.5 Å². The molecule has 3 aromatic carbocycles. The van der Waals surface area contributed by atoms with Crippen LogP contribution >= 0.6 is 0 Å². The zero-order valence-electron chi connectivity index (χ0n) is 30.6. The summed E-state index contributed by atoms with van der Waals surface area (Å²) < 4.78 is 26.6. The van der Waals surface area contributed by atoms with Crippen LogP contribution in [0.5, 0.6) is 0 Å². The van der Waals surface area contributed by atoms with Gasteiger partial charge in [0, 0.05) is 36.3 Å². The molecule has 2 heterocycles. The van der Waals surface area contributed by atoms with Gasteiger partial charge >= 0.3 is 12.1 Å². The Hall–Kier alpha value is -5.46. The van der Waals surface area contributed by atoms with Crippen molar-refractivity contribution in [1.82, 2.24) is 15.1 Å². The Morgan fingerprint density at radius 1 is 0.808 bits per heavy atom. The number of benzene rings is 3. The fraction of sp³-hybridized carbons (Fsp3) is 0.410. The number of nitrogens with zero attached hydrogens (tertiary/aromatic N) is 3. The molecule has 0 radical (unpaired) electrons. The van der Waals surface area contributed by atoms with Gasteiger partial charge in [-0.3, -0.25) is 19.1 Å². The zero-order valence-corrected chi connectivity index (χ0v) is 30.6. The maximum absolute atomic E-state index is 14.2. The molecule has 276 valence electrons. The second-order valence-corrected chi connectivity index (χ2v) is 14.8. The lowest BCUT2D eigenvalue weighted by Crippen LogP contribution is -2.34. The van der Waals surface area contributed by atoms with Crippen LogP contribution in [0.1, 0.15) is 87.2 Å². The fourth-order valence-corrected chi connectivity index (χ4v) is 5.97. The summed E-state index contributed by atoms with van der Waals surface area (Å²) in [6.07, 6.45) is 2.31. The summed E-state index contributed by atoms with van der Waals surface area (Å²) in [4.78, 5) is 54.6. The minimum atomic E-state index is -0.728. The molecule has 1 aromatic heterocycles. The van der Waals surface area contributed by atoms with E-state index in [1.165, 1.54) is 18.2 Å². The van der Waals surface area contributed by atoms with E-state index in [1.54, 1.807) is 64.4 Å². The molecule has 0 unspecified atom stereocenters. The number of esters is 1. The molecule has 1 aliphatic heterocycles. The number of carbonyl (C=O) groups is 4. The van der Waals surface area contributed by atoms with Crippen LogP contribution in [0.3, 0.4) is 0 Å².